The first-order valence-electron chi connectivity index (χ1n) is 5.44. The number of carboxylic acid groups (broad SMARTS) is 1. The number of para-hydroxylation sites is 1. The zero-order valence-corrected chi connectivity index (χ0v) is 10.2. The van der Waals surface area contributed by atoms with Gasteiger partial charge in [0.2, 0.25) is 0 Å². The van der Waals surface area contributed by atoms with E-state index in [0.29, 0.717) is 12.2 Å². The maximum Gasteiger partial charge on any atom is 0.352 e. The third-order valence-electron chi connectivity index (χ3n) is 2.83. The Morgan fingerprint density at radius 2 is 2.22 bits per heavy atom. The van der Waals surface area contributed by atoms with Crippen molar-refractivity contribution in [3.8, 4) is 0 Å². The Balaban J connectivity index is 2.18. The van der Waals surface area contributed by atoms with Crippen molar-refractivity contribution < 1.29 is 9.90 Å². The van der Waals surface area contributed by atoms with Crippen molar-refractivity contribution in [3.63, 3.8) is 0 Å². The molecule has 0 spiro atoms. The number of hydrogen-bond donors (Lipinski definition) is 1. The number of nitrogens with zero attached hydrogens (tertiary/aromatic N) is 2. The first-order chi connectivity index (χ1) is 8.75. The molecule has 0 saturated heterocycles. The Labute approximate surface area is 107 Å². The molecule has 1 aromatic carbocycles. The lowest BCUT2D eigenvalue weighted by molar-refractivity contribution is 0.0686. The Kier molecular flexibility index (Phi) is 2.60. The van der Waals surface area contributed by atoms with Crippen LogP contribution in [0.3, 0.4) is 0 Å². The number of thiazole rings is 1. The van der Waals surface area contributed by atoms with Crippen molar-refractivity contribution >= 4 is 28.2 Å². The van der Waals surface area contributed by atoms with Crippen molar-refractivity contribution in [3.05, 3.63) is 52.6 Å². The van der Waals surface area contributed by atoms with Crippen LogP contribution in [0, 0.1) is 0 Å². The van der Waals surface area contributed by atoms with Crippen LogP contribution in [0.2, 0.25) is 0 Å². The number of carbonyl (C=O) groups is 1. The first-order valence-corrected chi connectivity index (χ1v) is 6.38. The average Bonchev–Trinajstić information content (AvgIpc) is 2.98. The third kappa shape index (κ3) is 1.78. The van der Waals surface area contributed by atoms with Crippen molar-refractivity contribution in [2.45, 2.75) is 6.54 Å². The molecule has 1 N–H and O–H groups in total. The zero-order chi connectivity index (χ0) is 12.5. The maximum absolute atomic E-state index is 11.3. The molecular formula is C13H10N2O2S. The van der Waals surface area contributed by atoms with E-state index < -0.39 is 5.97 Å². The Bertz CT molecular complexity index is 701. The largest absolute Gasteiger partial charge is 0.477 e. The van der Waals surface area contributed by atoms with E-state index in [2.05, 4.69) is 4.98 Å². The van der Waals surface area contributed by atoms with Gasteiger partial charge in [0.25, 0.3) is 0 Å². The first kappa shape index (κ1) is 11.0. The van der Waals surface area contributed by atoms with Crippen LogP contribution in [0.1, 0.15) is 16.2 Å². The fourth-order valence-electron chi connectivity index (χ4n) is 2.04. The number of aromatic nitrogens is 2. The van der Waals surface area contributed by atoms with E-state index >= 15 is 0 Å². The highest BCUT2D eigenvalue weighted by Crippen LogP contribution is 2.21. The number of fused-ring (bicyclic) bond motifs is 1. The topological polar surface area (TPSA) is 55.1 Å². The molecule has 2 heterocycles. The minimum atomic E-state index is -0.915. The van der Waals surface area contributed by atoms with Gasteiger partial charge in [0.15, 0.2) is 0 Å². The summed E-state index contributed by atoms with van der Waals surface area (Å²) < 4.78 is 1.78. The van der Waals surface area contributed by atoms with E-state index in [1.807, 2.05) is 29.6 Å². The third-order valence-corrected chi connectivity index (χ3v) is 3.47. The molecule has 0 aliphatic rings. The van der Waals surface area contributed by atoms with Gasteiger partial charge in [-0.05, 0) is 12.1 Å². The van der Waals surface area contributed by atoms with Crippen molar-refractivity contribution in [1.29, 1.82) is 0 Å². The van der Waals surface area contributed by atoms with Crippen molar-refractivity contribution in [2.75, 3.05) is 0 Å². The van der Waals surface area contributed by atoms with Crippen molar-refractivity contribution in [2.24, 2.45) is 0 Å². The summed E-state index contributed by atoms with van der Waals surface area (Å²) in [6.07, 6.45) is 0. The second-order valence-electron chi connectivity index (χ2n) is 3.96. The Hall–Kier alpha value is -2.14. The molecule has 0 fully saturated rings. The number of rotatable bonds is 3. The van der Waals surface area contributed by atoms with Gasteiger partial charge in [-0.2, -0.15) is 0 Å². The highest BCUT2D eigenvalue weighted by Gasteiger charge is 2.14. The molecule has 90 valence electrons. The SMILES string of the molecule is O=C(O)c1cc2ccccc2n1Cc1cscn1. The zero-order valence-electron chi connectivity index (χ0n) is 9.41. The van der Waals surface area contributed by atoms with Crippen LogP contribution in [0.25, 0.3) is 10.9 Å². The van der Waals surface area contributed by atoms with Crippen LogP contribution in [0.4, 0.5) is 0 Å². The molecule has 0 amide bonds. The molecule has 0 atom stereocenters. The van der Waals surface area contributed by atoms with Gasteiger partial charge in [-0.1, -0.05) is 18.2 Å². The summed E-state index contributed by atoms with van der Waals surface area (Å²) in [7, 11) is 0. The molecule has 4 nitrogen and oxygen atoms in total. The number of carboxylic acids is 1. The van der Waals surface area contributed by atoms with E-state index in [4.69, 9.17) is 0 Å². The molecule has 0 bridgehead atoms. The average molecular weight is 258 g/mol. The summed E-state index contributed by atoms with van der Waals surface area (Å²) in [6.45, 7) is 0.485. The van der Waals surface area contributed by atoms with Crippen LogP contribution < -0.4 is 0 Å². The second kappa shape index (κ2) is 4.27. The summed E-state index contributed by atoms with van der Waals surface area (Å²) >= 11 is 1.51. The summed E-state index contributed by atoms with van der Waals surface area (Å²) in [5.74, 6) is -0.915. The predicted octanol–water partition coefficient (Wildman–Crippen LogP) is 2.84. The molecular weight excluding hydrogens is 248 g/mol. The molecule has 0 aliphatic carbocycles. The molecule has 5 heteroatoms. The van der Waals surface area contributed by atoms with Crippen LogP contribution in [-0.2, 0) is 6.54 Å². The second-order valence-corrected chi connectivity index (χ2v) is 4.68. The van der Waals surface area contributed by atoms with Gasteiger partial charge in [0, 0.05) is 16.3 Å². The van der Waals surface area contributed by atoms with Gasteiger partial charge in [0.05, 0.1) is 17.7 Å². The van der Waals surface area contributed by atoms with E-state index in [0.717, 1.165) is 16.6 Å². The minimum Gasteiger partial charge on any atom is -0.477 e. The van der Waals surface area contributed by atoms with E-state index in [1.165, 1.54) is 11.3 Å². The molecule has 0 radical (unpaired) electrons. The molecule has 0 saturated carbocycles. The number of hydrogen-bond acceptors (Lipinski definition) is 3. The summed E-state index contributed by atoms with van der Waals surface area (Å²) in [5.41, 5.74) is 3.84. The van der Waals surface area contributed by atoms with Gasteiger partial charge in [-0.15, -0.1) is 11.3 Å². The number of benzene rings is 1. The van der Waals surface area contributed by atoms with Gasteiger partial charge >= 0.3 is 5.97 Å². The smallest absolute Gasteiger partial charge is 0.352 e. The standard InChI is InChI=1S/C13H10N2O2S/c16-13(17)12-5-9-3-1-2-4-11(9)15(12)6-10-7-18-8-14-10/h1-5,7-8H,6H2,(H,16,17). The maximum atomic E-state index is 11.3. The van der Waals surface area contributed by atoms with Gasteiger partial charge in [0.1, 0.15) is 5.69 Å². The van der Waals surface area contributed by atoms with Crippen LogP contribution in [0.5, 0.6) is 0 Å². The van der Waals surface area contributed by atoms with Gasteiger partial charge in [-0.3, -0.25) is 0 Å². The van der Waals surface area contributed by atoms with Crippen molar-refractivity contribution in [1.82, 2.24) is 9.55 Å². The van der Waals surface area contributed by atoms with E-state index in [-0.39, 0.29) is 0 Å². The molecule has 3 rings (SSSR count). The van der Waals surface area contributed by atoms with Crippen LogP contribution in [0.15, 0.2) is 41.2 Å². The lowest BCUT2D eigenvalue weighted by Crippen LogP contribution is -2.09. The Morgan fingerprint density at radius 3 is 2.94 bits per heavy atom. The fourth-order valence-corrected chi connectivity index (χ4v) is 2.59. The highest BCUT2D eigenvalue weighted by atomic mass is 32.1. The molecule has 18 heavy (non-hydrogen) atoms. The lowest BCUT2D eigenvalue weighted by atomic mass is 10.2. The van der Waals surface area contributed by atoms with E-state index in [9.17, 15) is 9.90 Å². The number of aromatic carboxylic acids is 1. The lowest BCUT2D eigenvalue weighted by Gasteiger charge is -2.06. The highest BCUT2D eigenvalue weighted by molar-refractivity contribution is 7.07. The quantitative estimate of drug-likeness (QED) is 0.786. The molecule has 3 aromatic rings. The fraction of sp³-hybridized carbons (Fsp3) is 0.0769. The molecule has 0 unspecified atom stereocenters. The van der Waals surface area contributed by atoms with Gasteiger partial charge in [-0.25, -0.2) is 9.78 Å². The molecule has 2 aromatic heterocycles. The van der Waals surface area contributed by atoms with Crippen LogP contribution in [-0.4, -0.2) is 20.6 Å². The van der Waals surface area contributed by atoms with Crippen LogP contribution >= 0.6 is 11.3 Å². The summed E-state index contributed by atoms with van der Waals surface area (Å²) in [5, 5.41) is 12.1. The molecule has 0 aliphatic heterocycles. The predicted molar refractivity (Wildman–Crippen MR) is 70.1 cm³/mol. The van der Waals surface area contributed by atoms with Gasteiger partial charge < -0.3 is 9.67 Å². The Morgan fingerprint density at radius 1 is 1.39 bits per heavy atom. The normalized spacial score (nSPS) is 10.9. The summed E-state index contributed by atoms with van der Waals surface area (Å²) in [4.78, 5) is 15.5. The summed E-state index contributed by atoms with van der Waals surface area (Å²) in [6, 6.07) is 9.35. The monoisotopic (exact) mass is 258 g/mol. The van der Waals surface area contributed by atoms with E-state index in [1.54, 1.807) is 16.1 Å². The minimum absolute atomic E-state index is 0.296.